The van der Waals surface area contributed by atoms with Crippen LogP contribution < -0.4 is 10.1 Å². The lowest BCUT2D eigenvalue weighted by molar-refractivity contribution is 0.102. The van der Waals surface area contributed by atoms with E-state index >= 15 is 0 Å². The van der Waals surface area contributed by atoms with Crippen LogP contribution in [0.25, 0.3) is 5.65 Å². The first-order chi connectivity index (χ1) is 12.2. The highest BCUT2D eigenvalue weighted by atomic mass is 16.5. The molecule has 1 aromatic carbocycles. The van der Waals surface area contributed by atoms with E-state index in [1.165, 1.54) is 0 Å². The molecule has 4 rings (SSSR count). The molecule has 0 atom stereocenters. The molecule has 0 aliphatic heterocycles. The second kappa shape index (κ2) is 6.12. The number of aryl methyl sites for hydroxylation is 1. The van der Waals surface area contributed by atoms with Gasteiger partial charge in [-0.25, -0.2) is 4.98 Å². The summed E-state index contributed by atoms with van der Waals surface area (Å²) in [6, 6.07) is 12.6. The van der Waals surface area contributed by atoms with Crippen molar-refractivity contribution in [3.05, 3.63) is 72.8 Å². The van der Waals surface area contributed by atoms with Gasteiger partial charge in [0.25, 0.3) is 5.91 Å². The van der Waals surface area contributed by atoms with Crippen molar-refractivity contribution in [2.75, 3.05) is 5.32 Å². The Balaban J connectivity index is 1.63. The van der Waals surface area contributed by atoms with Gasteiger partial charge in [0.1, 0.15) is 17.2 Å². The number of amides is 1. The minimum absolute atomic E-state index is 0.263. The SMILES string of the molecule is Cn1cc(Oc2ccccc2C(=O)Nc2cccc3nccn23)cn1. The third kappa shape index (κ3) is 2.94. The van der Waals surface area contributed by atoms with Gasteiger partial charge in [-0.15, -0.1) is 0 Å². The number of fused-ring (bicyclic) bond motifs is 1. The standard InChI is InChI=1S/C18H15N5O2/c1-22-12-13(11-20-22)25-15-6-3-2-5-14(15)18(24)21-17-8-4-7-16-19-9-10-23(16)17/h2-12H,1H3,(H,21,24). The molecule has 0 saturated heterocycles. The highest BCUT2D eigenvalue weighted by molar-refractivity contribution is 6.06. The van der Waals surface area contributed by atoms with Crippen molar-refractivity contribution in [3.63, 3.8) is 0 Å². The fourth-order valence-electron chi connectivity index (χ4n) is 2.55. The highest BCUT2D eigenvalue weighted by Gasteiger charge is 2.14. The van der Waals surface area contributed by atoms with Crippen LogP contribution in [0.2, 0.25) is 0 Å². The molecule has 3 aromatic heterocycles. The molecule has 25 heavy (non-hydrogen) atoms. The number of nitrogens with one attached hydrogen (secondary N) is 1. The second-order valence-electron chi connectivity index (χ2n) is 5.47. The summed E-state index contributed by atoms with van der Waals surface area (Å²) in [5, 5.41) is 6.97. The molecule has 7 heteroatoms. The normalized spacial score (nSPS) is 10.8. The number of anilines is 1. The number of para-hydroxylation sites is 1. The summed E-state index contributed by atoms with van der Waals surface area (Å²) in [5.41, 5.74) is 1.20. The van der Waals surface area contributed by atoms with E-state index in [9.17, 15) is 4.79 Å². The van der Waals surface area contributed by atoms with Crippen LogP contribution in [0.3, 0.4) is 0 Å². The number of rotatable bonds is 4. The van der Waals surface area contributed by atoms with Gasteiger partial charge in [-0.2, -0.15) is 5.10 Å². The Bertz CT molecular complexity index is 1050. The van der Waals surface area contributed by atoms with Gasteiger partial charge in [-0.05, 0) is 24.3 Å². The monoisotopic (exact) mass is 333 g/mol. The van der Waals surface area contributed by atoms with Gasteiger partial charge < -0.3 is 10.1 Å². The number of benzene rings is 1. The Kier molecular flexibility index (Phi) is 3.66. The average Bonchev–Trinajstić information content (AvgIpc) is 3.25. The molecular weight excluding hydrogens is 318 g/mol. The molecule has 0 aliphatic rings. The van der Waals surface area contributed by atoms with Gasteiger partial charge in [-0.3, -0.25) is 13.9 Å². The molecule has 7 nitrogen and oxygen atoms in total. The molecule has 0 aliphatic carbocycles. The topological polar surface area (TPSA) is 73.5 Å². The zero-order valence-corrected chi connectivity index (χ0v) is 13.5. The number of nitrogens with zero attached hydrogens (tertiary/aromatic N) is 4. The van der Waals surface area contributed by atoms with Crippen LogP contribution in [-0.2, 0) is 7.05 Å². The first-order valence-electron chi connectivity index (χ1n) is 7.70. The number of hydrogen-bond donors (Lipinski definition) is 1. The zero-order chi connectivity index (χ0) is 17.2. The summed E-state index contributed by atoms with van der Waals surface area (Å²) < 4.78 is 9.24. The number of aromatic nitrogens is 4. The fourth-order valence-corrected chi connectivity index (χ4v) is 2.55. The van der Waals surface area contributed by atoms with E-state index in [4.69, 9.17) is 4.74 Å². The van der Waals surface area contributed by atoms with Crippen LogP contribution in [-0.4, -0.2) is 25.1 Å². The van der Waals surface area contributed by atoms with Crippen LogP contribution in [0.15, 0.2) is 67.3 Å². The lowest BCUT2D eigenvalue weighted by Gasteiger charge is -2.11. The van der Waals surface area contributed by atoms with Gasteiger partial charge >= 0.3 is 0 Å². The molecule has 0 fully saturated rings. The van der Waals surface area contributed by atoms with Crippen LogP contribution in [0, 0.1) is 0 Å². The van der Waals surface area contributed by atoms with E-state index in [1.807, 2.05) is 28.7 Å². The maximum atomic E-state index is 12.8. The Morgan fingerprint density at radius 1 is 1.16 bits per heavy atom. The number of pyridine rings is 1. The molecule has 0 unspecified atom stereocenters. The predicted molar refractivity (Wildman–Crippen MR) is 92.9 cm³/mol. The Labute approximate surface area is 143 Å². The minimum atomic E-state index is -0.263. The number of carbonyl (C=O) groups is 1. The van der Waals surface area contributed by atoms with Crippen LogP contribution >= 0.6 is 0 Å². The second-order valence-corrected chi connectivity index (χ2v) is 5.47. The van der Waals surface area contributed by atoms with Crippen molar-refractivity contribution in [3.8, 4) is 11.5 Å². The Hall–Kier alpha value is -3.61. The highest BCUT2D eigenvalue weighted by Crippen LogP contribution is 2.25. The zero-order valence-electron chi connectivity index (χ0n) is 13.5. The molecule has 1 N–H and O–H groups in total. The number of ether oxygens (including phenoxy) is 1. The molecule has 1 amide bonds. The van der Waals surface area contributed by atoms with Gasteiger partial charge in [0.2, 0.25) is 0 Å². The molecule has 0 radical (unpaired) electrons. The van der Waals surface area contributed by atoms with Crippen molar-refractivity contribution in [2.45, 2.75) is 0 Å². The quantitative estimate of drug-likeness (QED) is 0.623. The molecule has 124 valence electrons. The number of imidazole rings is 1. The Morgan fingerprint density at radius 3 is 2.88 bits per heavy atom. The molecule has 4 aromatic rings. The van der Waals surface area contributed by atoms with E-state index in [0.717, 1.165) is 5.65 Å². The third-order valence-corrected chi connectivity index (χ3v) is 3.71. The van der Waals surface area contributed by atoms with Crippen molar-refractivity contribution in [1.29, 1.82) is 0 Å². The van der Waals surface area contributed by atoms with Crippen LogP contribution in [0.5, 0.6) is 11.5 Å². The molecule has 0 spiro atoms. The molecule has 0 saturated carbocycles. The van der Waals surface area contributed by atoms with E-state index in [-0.39, 0.29) is 5.91 Å². The largest absolute Gasteiger partial charge is 0.453 e. The third-order valence-electron chi connectivity index (χ3n) is 3.71. The lowest BCUT2D eigenvalue weighted by atomic mass is 10.2. The van der Waals surface area contributed by atoms with Gasteiger partial charge in [0.05, 0.1) is 18.0 Å². The summed E-state index contributed by atoms with van der Waals surface area (Å²) >= 11 is 0. The first kappa shape index (κ1) is 14.9. The summed E-state index contributed by atoms with van der Waals surface area (Å²) in [6.07, 6.45) is 6.81. The summed E-state index contributed by atoms with van der Waals surface area (Å²) in [4.78, 5) is 17.0. The van der Waals surface area contributed by atoms with Crippen LogP contribution in [0.1, 0.15) is 10.4 Å². The summed E-state index contributed by atoms with van der Waals surface area (Å²) in [6.45, 7) is 0. The predicted octanol–water partition coefficient (Wildman–Crippen LogP) is 3.11. The van der Waals surface area contributed by atoms with E-state index < -0.39 is 0 Å². The van der Waals surface area contributed by atoms with Gasteiger partial charge in [0.15, 0.2) is 5.75 Å². The molecular formula is C18H15N5O2. The first-order valence-corrected chi connectivity index (χ1v) is 7.70. The molecule has 0 bridgehead atoms. The smallest absolute Gasteiger partial charge is 0.260 e. The Morgan fingerprint density at radius 2 is 2.04 bits per heavy atom. The number of hydrogen-bond acceptors (Lipinski definition) is 4. The molecule has 3 heterocycles. The van der Waals surface area contributed by atoms with E-state index in [2.05, 4.69) is 15.4 Å². The average molecular weight is 333 g/mol. The van der Waals surface area contributed by atoms with Gasteiger partial charge in [-0.1, -0.05) is 18.2 Å². The van der Waals surface area contributed by atoms with Crippen molar-refractivity contribution in [1.82, 2.24) is 19.2 Å². The lowest BCUT2D eigenvalue weighted by Crippen LogP contribution is -2.15. The van der Waals surface area contributed by atoms with E-state index in [1.54, 1.807) is 54.7 Å². The van der Waals surface area contributed by atoms with Gasteiger partial charge in [0, 0.05) is 19.4 Å². The summed E-state index contributed by atoms with van der Waals surface area (Å²) in [5.74, 6) is 1.40. The van der Waals surface area contributed by atoms with Crippen molar-refractivity contribution in [2.24, 2.45) is 7.05 Å². The maximum absolute atomic E-state index is 12.8. The minimum Gasteiger partial charge on any atom is -0.453 e. The number of carbonyl (C=O) groups excluding carboxylic acids is 1. The summed E-state index contributed by atoms with van der Waals surface area (Å²) in [7, 11) is 1.80. The van der Waals surface area contributed by atoms with Crippen molar-refractivity contribution >= 4 is 17.4 Å². The fraction of sp³-hybridized carbons (Fsp3) is 0.0556. The van der Waals surface area contributed by atoms with Crippen molar-refractivity contribution < 1.29 is 9.53 Å². The maximum Gasteiger partial charge on any atom is 0.260 e. The van der Waals surface area contributed by atoms with E-state index in [0.29, 0.717) is 22.9 Å². The van der Waals surface area contributed by atoms with Crippen LogP contribution in [0.4, 0.5) is 5.82 Å².